The molecular weight excluding hydrogens is 705 g/mol. The van der Waals surface area contributed by atoms with Crippen LogP contribution in [0.4, 0.5) is 0 Å². The zero-order valence-electron chi connectivity index (χ0n) is 27.6. The van der Waals surface area contributed by atoms with Crippen LogP contribution in [0.5, 0.6) is 0 Å². The lowest BCUT2D eigenvalue weighted by Crippen LogP contribution is -2.74. The normalized spacial score (nSPS) is 11.6. The Labute approximate surface area is 305 Å². The van der Waals surface area contributed by atoms with Gasteiger partial charge >= 0.3 is 0 Å². The largest absolute Gasteiger partial charge is 0.278 e. The van der Waals surface area contributed by atoms with Crippen molar-refractivity contribution in [2.45, 2.75) is 0 Å². The molecule has 4 nitrogen and oxygen atoms in total. The fourth-order valence-corrected chi connectivity index (χ4v) is 12.6. The second-order valence-corrected chi connectivity index (χ2v) is 17.3. The van der Waals surface area contributed by atoms with Gasteiger partial charge < -0.3 is 0 Å². The highest BCUT2D eigenvalue weighted by molar-refractivity contribution is 9.10. The Hall–Kier alpha value is -5.95. The average Bonchev–Trinajstić information content (AvgIpc) is 3.53. The van der Waals surface area contributed by atoms with E-state index in [0.717, 1.165) is 37.4 Å². The molecule has 0 atom stereocenters. The Kier molecular flexibility index (Phi) is 7.95. The number of hydrogen-bond acceptors (Lipinski definition) is 3. The van der Waals surface area contributed by atoms with Gasteiger partial charge in [0.1, 0.15) is 0 Å². The summed E-state index contributed by atoms with van der Waals surface area (Å²) >= 11 is 3.69. The van der Waals surface area contributed by atoms with Gasteiger partial charge in [-0.15, -0.1) is 0 Å². The predicted molar refractivity (Wildman–Crippen MR) is 216 cm³/mol. The lowest BCUT2D eigenvalue weighted by Gasteiger charge is -2.34. The quantitative estimate of drug-likeness (QED) is 0.122. The molecule has 2 aromatic heterocycles. The van der Waals surface area contributed by atoms with E-state index in [1.165, 1.54) is 20.7 Å². The van der Waals surface area contributed by atoms with Gasteiger partial charge in [0.05, 0.1) is 11.0 Å². The van der Waals surface area contributed by atoms with E-state index >= 15 is 0 Å². The number of nitrogens with zero attached hydrogens (tertiary/aromatic N) is 4. The number of benzene rings is 7. The second-order valence-electron chi connectivity index (χ2n) is 12.6. The van der Waals surface area contributed by atoms with Crippen molar-refractivity contribution in [3.63, 3.8) is 0 Å². The SMILES string of the molecule is Brc1ccc2c(c1)c1ccccc1n2-c1nc(-c2ccccc2)nc(-c2cccc([Si](c3ccccc3)(c3ccccc3)c3ccccc3)c2)n1. The van der Waals surface area contributed by atoms with E-state index in [1.54, 1.807) is 0 Å². The van der Waals surface area contributed by atoms with Gasteiger partial charge in [0.15, 0.2) is 19.7 Å². The van der Waals surface area contributed by atoms with E-state index < -0.39 is 8.07 Å². The maximum absolute atomic E-state index is 5.28. The molecule has 0 fully saturated rings. The van der Waals surface area contributed by atoms with Gasteiger partial charge in [0.2, 0.25) is 5.95 Å². The van der Waals surface area contributed by atoms with Gasteiger partial charge in [0, 0.05) is 26.4 Å². The number of rotatable bonds is 7. The molecule has 0 saturated heterocycles. The molecule has 0 aliphatic rings. The first-order valence-corrected chi connectivity index (χ1v) is 19.8. The number of halogens is 1. The molecule has 0 bridgehead atoms. The smallest absolute Gasteiger partial charge is 0.238 e. The van der Waals surface area contributed by atoms with Crippen LogP contribution < -0.4 is 20.7 Å². The first-order valence-electron chi connectivity index (χ1n) is 17.0. The van der Waals surface area contributed by atoms with Gasteiger partial charge in [-0.2, -0.15) is 9.97 Å². The van der Waals surface area contributed by atoms with Gasteiger partial charge in [-0.3, -0.25) is 4.57 Å². The van der Waals surface area contributed by atoms with E-state index in [-0.39, 0.29) is 0 Å². The van der Waals surface area contributed by atoms with Crippen LogP contribution in [0.1, 0.15) is 0 Å². The summed E-state index contributed by atoms with van der Waals surface area (Å²) in [6.07, 6.45) is 0. The van der Waals surface area contributed by atoms with Crippen molar-refractivity contribution in [1.29, 1.82) is 0 Å². The number of hydrogen-bond donors (Lipinski definition) is 0. The van der Waals surface area contributed by atoms with Crippen molar-refractivity contribution in [2.75, 3.05) is 0 Å². The van der Waals surface area contributed by atoms with Crippen molar-refractivity contribution < 1.29 is 0 Å². The Bertz CT molecular complexity index is 2550. The second kappa shape index (κ2) is 13.1. The van der Waals surface area contributed by atoms with Crippen LogP contribution in [0.3, 0.4) is 0 Å². The third-order valence-corrected chi connectivity index (χ3v) is 14.9. The number of para-hydroxylation sites is 1. The highest BCUT2D eigenvalue weighted by atomic mass is 79.9. The first-order chi connectivity index (χ1) is 25.2. The third kappa shape index (κ3) is 5.40. The van der Waals surface area contributed by atoms with E-state index in [2.05, 4.69) is 190 Å². The fraction of sp³-hybridized carbons (Fsp3) is 0. The Balaban J connectivity index is 1.32. The Morgan fingerprint density at radius 3 is 1.51 bits per heavy atom. The molecule has 0 unspecified atom stereocenters. The minimum Gasteiger partial charge on any atom is -0.278 e. The molecule has 2 heterocycles. The molecule has 6 heteroatoms. The zero-order valence-corrected chi connectivity index (χ0v) is 30.2. The van der Waals surface area contributed by atoms with E-state index in [9.17, 15) is 0 Å². The van der Waals surface area contributed by atoms with Crippen molar-refractivity contribution in [1.82, 2.24) is 19.5 Å². The molecule has 7 aromatic carbocycles. The van der Waals surface area contributed by atoms with Crippen LogP contribution in [0, 0.1) is 0 Å². The minimum atomic E-state index is -2.77. The number of fused-ring (bicyclic) bond motifs is 3. The van der Waals surface area contributed by atoms with Crippen molar-refractivity contribution in [2.24, 2.45) is 0 Å². The molecule has 0 amide bonds. The molecule has 0 aliphatic carbocycles. The molecule has 0 aliphatic heterocycles. The highest BCUT2D eigenvalue weighted by Gasteiger charge is 2.41. The van der Waals surface area contributed by atoms with Crippen molar-refractivity contribution >= 4 is 66.6 Å². The van der Waals surface area contributed by atoms with E-state index in [1.807, 2.05) is 18.2 Å². The molecule has 0 saturated carbocycles. The molecule has 0 N–H and O–H groups in total. The lowest BCUT2D eigenvalue weighted by atomic mass is 10.2. The van der Waals surface area contributed by atoms with Crippen LogP contribution in [-0.4, -0.2) is 27.6 Å². The minimum absolute atomic E-state index is 0.579. The van der Waals surface area contributed by atoms with Crippen LogP contribution in [-0.2, 0) is 0 Å². The number of aromatic nitrogens is 4. The van der Waals surface area contributed by atoms with Crippen LogP contribution in [0.2, 0.25) is 0 Å². The molecule has 9 rings (SSSR count). The van der Waals surface area contributed by atoms with Crippen LogP contribution >= 0.6 is 15.9 Å². The topological polar surface area (TPSA) is 43.6 Å². The molecule has 51 heavy (non-hydrogen) atoms. The average molecular weight is 736 g/mol. The maximum Gasteiger partial charge on any atom is 0.238 e. The Morgan fingerprint density at radius 2 is 0.882 bits per heavy atom. The van der Waals surface area contributed by atoms with Gasteiger partial charge in [-0.05, 0) is 45.0 Å². The monoisotopic (exact) mass is 734 g/mol. The van der Waals surface area contributed by atoms with Crippen molar-refractivity contribution in [3.8, 4) is 28.7 Å². The molecule has 0 radical (unpaired) electrons. The summed E-state index contributed by atoms with van der Waals surface area (Å²) in [6, 6.07) is 66.8. The fourth-order valence-electron chi connectivity index (χ4n) is 7.43. The van der Waals surface area contributed by atoms with Crippen LogP contribution in [0.15, 0.2) is 193 Å². The summed E-state index contributed by atoms with van der Waals surface area (Å²) in [5.41, 5.74) is 3.95. The van der Waals surface area contributed by atoms with Gasteiger partial charge in [-0.1, -0.05) is 180 Å². The third-order valence-electron chi connectivity index (χ3n) is 9.66. The van der Waals surface area contributed by atoms with Crippen molar-refractivity contribution in [3.05, 3.63) is 193 Å². The summed E-state index contributed by atoms with van der Waals surface area (Å²) in [4.78, 5) is 15.6. The van der Waals surface area contributed by atoms with E-state index in [0.29, 0.717) is 17.6 Å². The van der Waals surface area contributed by atoms with Crippen LogP contribution in [0.25, 0.3) is 50.5 Å². The summed E-state index contributed by atoms with van der Waals surface area (Å²) in [6.45, 7) is 0. The summed E-state index contributed by atoms with van der Waals surface area (Å²) in [5.74, 6) is 1.83. The first kappa shape index (κ1) is 31.1. The Morgan fingerprint density at radius 1 is 0.392 bits per heavy atom. The molecule has 0 spiro atoms. The van der Waals surface area contributed by atoms with E-state index in [4.69, 9.17) is 15.0 Å². The maximum atomic E-state index is 5.28. The highest BCUT2D eigenvalue weighted by Crippen LogP contribution is 2.34. The summed E-state index contributed by atoms with van der Waals surface area (Å²) in [7, 11) is -2.77. The molecular formula is C45H31BrN4Si. The molecule has 242 valence electrons. The van der Waals surface area contributed by atoms with Gasteiger partial charge in [-0.25, -0.2) is 4.98 Å². The lowest BCUT2D eigenvalue weighted by molar-refractivity contribution is 0.953. The standard InChI is InChI=1S/C45H31BrN4Si/c46-34-28-29-42-40(31-34)39-26-13-14-27-41(39)50(42)45-48-43(32-16-5-1-6-17-32)47-44(49-45)33-18-15-25-38(30-33)51(35-19-7-2-8-20-35,36-21-9-3-10-22-36)37-23-11-4-12-24-37/h1-31H. The van der Waals surface area contributed by atoms with Gasteiger partial charge in [0.25, 0.3) is 0 Å². The summed E-state index contributed by atoms with van der Waals surface area (Å²) < 4.78 is 3.19. The predicted octanol–water partition coefficient (Wildman–Crippen LogP) is 8.44. The molecule has 9 aromatic rings. The zero-order chi connectivity index (χ0) is 34.2. The summed E-state index contributed by atoms with van der Waals surface area (Å²) in [5, 5.41) is 7.48.